The van der Waals surface area contributed by atoms with Crippen LogP contribution in [-0.4, -0.2) is 0 Å². The molecule has 1 nitrogen and oxygen atoms in total. The Bertz CT molecular complexity index is 2930. The van der Waals surface area contributed by atoms with Crippen molar-refractivity contribution in [3.8, 4) is 44.5 Å². The molecule has 8 aromatic rings. The first-order valence-corrected chi connectivity index (χ1v) is 19.8. The Labute approximate surface area is 330 Å². The minimum atomic E-state index is -0.632. The molecule has 0 aromatic heterocycles. The summed E-state index contributed by atoms with van der Waals surface area (Å²) < 4.78 is 8.50. The van der Waals surface area contributed by atoms with E-state index in [1.54, 1.807) is 0 Å². The van der Waals surface area contributed by atoms with Crippen LogP contribution in [0.1, 0.15) is 60.1 Å². The Morgan fingerprint density at radius 1 is 0.393 bits per heavy atom. The van der Waals surface area contributed by atoms with E-state index >= 15 is 0 Å². The molecule has 12 rings (SSSR count). The highest BCUT2D eigenvalue weighted by Crippen LogP contribution is 2.63. The molecule has 0 fully saturated rings. The summed E-state index contributed by atoms with van der Waals surface area (Å²) in [5, 5.41) is 0. The third-order valence-electron chi connectivity index (χ3n) is 13.1. The number of allylic oxidation sites excluding steroid dienone is 2. The largest absolute Gasteiger partial charge is 0.310 e. The van der Waals surface area contributed by atoms with Crippen LogP contribution in [0.15, 0.2) is 194 Å². The van der Waals surface area contributed by atoms with Crippen molar-refractivity contribution >= 4 is 17.1 Å². The third-order valence-corrected chi connectivity index (χ3v) is 13.1. The zero-order valence-electron chi connectivity index (χ0n) is 32.4. The van der Waals surface area contributed by atoms with Crippen molar-refractivity contribution in [2.75, 3.05) is 4.90 Å². The number of anilines is 3. The summed E-state index contributed by atoms with van der Waals surface area (Å²) >= 11 is 0. The topological polar surface area (TPSA) is 3.24 Å². The van der Waals surface area contributed by atoms with Crippen molar-refractivity contribution in [2.24, 2.45) is 0 Å². The van der Waals surface area contributed by atoms with Crippen LogP contribution in [0.5, 0.6) is 0 Å². The van der Waals surface area contributed by atoms with Gasteiger partial charge in [-0.3, -0.25) is 0 Å². The first-order valence-electron chi connectivity index (χ1n) is 20.3. The monoisotopic (exact) mass is 714 g/mol. The first-order chi connectivity index (χ1) is 27.9. The SMILES string of the molecule is [2H]C1(c2ccc(-c3ccc(N(c4ccc5c(c4)-c4ccccc4C5(C)C)c4ccc5c(c4)C4(c6ccccc6-c6ccccc64)c4ccccc4-5)cc3)cc2)C=C1. The molecule has 0 N–H and O–H groups in total. The number of rotatable bonds is 5. The fraction of sp³-hybridized carbons (Fsp3) is 0.0909. The second-order valence-corrected chi connectivity index (χ2v) is 16.3. The molecule has 0 bridgehead atoms. The lowest BCUT2D eigenvalue weighted by Crippen LogP contribution is -2.26. The van der Waals surface area contributed by atoms with Crippen molar-refractivity contribution in [3.63, 3.8) is 0 Å². The third kappa shape index (κ3) is 4.26. The minimum Gasteiger partial charge on any atom is -0.310 e. The van der Waals surface area contributed by atoms with Gasteiger partial charge in [-0.15, -0.1) is 0 Å². The van der Waals surface area contributed by atoms with E-state index in [1.807, 2.05) is 12.2 Å². The van der Waals surface area contributed by atoms with Crippen molar-refractivity contribution < 1.29 is 1.37 Å². The number of nitrogens with zero attached hydrogens (tertiary/aromatic N) is 1. The summed E-state index contributed by atoms with van der Waals surface area (Å²) in [5.41, 5.74) is 22.1. The lowest BCUT2D eigenvalue weighted by molar-refractivity contribution is 0.660. The average Bonchev–Trinajstić information content (AvgIpc) is 3.78. The molecule has 0 saturated carbocycles. The van der Waals surface area contributed by atoms with E-state index in [0.29, 0.717) is 0 Å². The normalized spacial score (nSPS) is 16.3. The highest BCUT2D eigenvalue weighted by atomic mass is 15.1. The minimum absolute atomic E-state index is 0.0728. The molecular weight excluding hydrogens is 675 g/mol. The maximum Gasteiger partial charge on any atom is 0.0726 e. The van der Waals surface area contributed by atoms with E-state index in [1.165, 1.54) is 66.8 Å². The Morgan fingerprint density at radius 3 is 1.39 bits per heavy atom. The molecule has 1 spiro atoms. The number of fused-ring (bicyclic) bond motifs is 13. The molecule has 0 unspecified atom stereocenters. The van der Waals surface area contributed by atoms with Crippen LogP contribution >= 0.6 is 0 Å². The smallest absolute Gasteiger partial charge is 0.0726 e. The van der Waals surface area contributed by atoms with E-state index < -0.39 is 11.3 Å². The molecule has 0 heterocycles. The Morgan fingerprint density at radius 2 is 0.821 bits per heavy atom. The predicted molar refractivity (Wildman–Crippen MR) is 232 cm³/mol. The van der Waals surface area contributed by atoms with E-state index in [0.717, 1.165) is 33.8 Å². The molecule has 4 aliphatic rings. The van der Waals surface area contributed by atoms with Gasteiger partial charge >= 0.3 is 0 Å². The Balaban J connectivity index is 1.06. The zero-order chi connectivity index (χ0) is 38.1. The number of hydrogen-bond donors (Lipinski definition) is 0. The van der Waals surface area contributed by atoms with Gasteiger partial charge in [0.25, 0.3) is 0 Å². The summed E-state index contributed by atoms with van der Waals surface area (Å²) in [6.07, 6.45) is 3.88. The van der Waals surface area contributed by atoms with Crippen LogP contribution in [0.2, 0.25) is 0 Å². The zero-order valence-corrected chi connectivity index (χ0v) is 31.4. The maximum atomic E-state index is 8.50. The average molecular weight is 715 g/mol. The summed E-state index contributed by atoms with van der Waals surface area (Å²) in [5.74, 6) is -0.632. The van der Waals surface area contributed by atoms with Gasteiger partial charge in [0.1, 0.15) is 0 Å². The molecule has 0 amide bonds. The number of benzene rings is 8. The van der Waals surface area contributed by atoms with Crippen molar-refractivity contribution in [2.45, 2.75) is 30.6 Å². The van der Waals surface area contributed by atoms with Crippen LogP contribution in [0.3, 0.4) is 0 Å². The Kier molecular flexibility index (Phi) is 6.24. The lowest BCUT2D eigenvalue weighted by atomic mass is 9.70. The van der Waals surface area contributed by atoms with Gasteiger partial charge in [-0.25, -0.2) is 0 Å². The highest BCUT2D eigenvalue weighted by molar-refractivity contribution is 5.96. The van der Waals surface area contributed by atoms with Crippen LogP contribution in [0.25, 0.3) is 44.5 Å². The molecule has 4 aliphatic carbocycles. The fourth-order valence-corrected chi connectivity index (χ4v) is 10.4. The van der Waals surface area contributed by atoms with Gasteiger partial charge in [0.05, 0.1) is 5.41 Å². The summed E-state index contributed by atoms with van der Waals surface area (Å²) in [7, 11) is 0. The maximum absolute atomic E-state index is 8.50. The van der Waals surface area contributed by atoms with Crippen LogP contribution in [-0.2, 0) is 10.8 Å². The van der Waals surface area contributed by atoms with Crippen LogP contribution < -0.4 is 4.90 Å². The van der Waals surface area contributed by atoms with E-state index in [2.05, 4.69) is 201 Å². The first kappa shape index (κ1) is 30.6. The van der Waals surface area contributed by atoms with Gasteiger partial charge in [-0.2, -0.15) is 0 Å². The van der Waals surface area contributed by atoms with Crippen LogP contribution in [0, 0.1) is 0 Å². The molecule has 8 aromatic carbocycles. The summed E-state index contributed by atoms with van der Waals surface area (Å²) in [6.45, 7) is 4.70. The van der Waals surface area contributed by atoms with Gasteiger partial charge in [-0.1, -0.05) is 172 Å². The van der Waals surface area contributed by atoms with Gasteiger partial charge in [0.2, 0.25) is 0 Å². The standard InChI is InChI=1S/C55H39N/c1-54(2)48-15-7-3-14-45(48)47-33-40(30-32-49(47)54)56(39-27-25-38(26-28-39)37-23-21-36(22-24-37)35-19-20-35)41-29-31-46-44-13-6-10-18-52(44)55(53(46)34-41)50-16-8-4-11-42(50)43-12-5-9-17-51(43)55/h3-35H,1-2H3/i35D. The second kappa shape index (κ2) is 11.4. The van der Waals surface area contributed by atoms with Gasteiger partial charge in [0, 0.05) is 29.7 Å². The molecular formula is C55H39N. The van der Waals surface area contributed by atoms with Gasteiger partial charge in [0.15, 0.2) is 0 Å². The molecule has 0 aliphatic heterocycles. The van der Waals surface area contributed by atoms with E-state index in [-0.39, 0.29) is 5.41 Å². The fourth-order valence-electron chi connectivity index (χ4n) is 10.4. The van der Waals surface area contributed by atoms with E-state index in [9.17, 15) is 0 Å². The highest BCUT2D eigenvalue weighted by Gasteiger charge is 2.51. The molecule has 0 radical (unpaired) electrons. The van der Waals surface area contributed by atoms with Crippen molar-refractivity contribution in [1.29, 1.82) is 0 Å². The summed E-state index contributed by atoms with van der Waals surface area (Å²) in [6, 6.07) is 67.7. The van der Waals surface area contributed by atoms with Crippen molar-refractivity contribution in [1.82, 2.24) is 0 Å². The number of hydrogen-bond acceptors (Lipinski definition) is 1. The lowest BCUT2D eigenvalue weighted by Gasteiger charge is -2.32. The Hall–Kier alpha value is -6.70. The predicted octanol–water partition coefficient (Wildman–Crippen LogP) is 14.1. The van der Waals surface area contributed by atoms with Gasteiger partial charge < -0.3 is 4.90 Å². The molecule has 264 valence electrons. The second-order valence-electron chi connectivity index (χ2n) is 16.3. The van der Waals surface area contributed by atoms with Crippen molar-refractivity contribution in [3.05, 3.63) is 233 Å². The molecule has 1 heteroatoms. The molecule has 0 atom stereocenters. The van der Waals surface area contributed by atoms with Crippen LogP contribution in [0.4, 0.5) is 17.1 Å². The molecule has 56 heavy (non-hydrogen) atoms. The van der Waals surface area contributed by atoms with E-state index in [4.69, 9.17) is 1.37 Å². The summed E-state index contributed by atoms with van der Waals surface area (Å²) in [4.78, 5) is 2.45. The van der Waals surface area contributed by atoms with Gasteiger partial charge in [-0.05, 0) is 120 Å². The molecule has 0 saturated heterocycles. The quantitative estimate of drug-likeness (QED) is 0.160.